The van der Waals surface area contributed by atoms with Gasteiger partial charge in [0, 0.05) is 29.8 Å². The first kappa shape index (κ1) is 23.1. The van der Waals surface area contributed by atoms with Crippen molar-refractivity contribution in [2.45, 2.75) is 31.9 Å². The molecule has 2 heterocycles. The molecule has 1 amide bonds. The third-order valence-electron chi connectivity index (χ3n) is 5.73. The van der Waals surface area contributed by atoms with Crippen molar-refractivity contribution in [1.29, 1.82) is 0 Å². The molecular formula is C25H29N3O4S. The predicted molar refractivity (Wildman–Crippen MR) is 131 cm³/mol. The van der Waals surface area contributed by atoms with Gasteiger partial charge in [0.15, 0.2) is 5.13 Å². The zero-order valence-corrected chi connectivity index (χ0v) is 19.9. The molecule has 8 heteroatoms. The van der Waals surface area contributed by atoms with E-state index in [1.54, 1.807) is 14.2 Å². The van der Waals surface area contributed by atoms with Crippen LogP contribution in [0.25, 0.3) is 11.3 Å². The van der Waals surface area contributed by atoms with Crippen LogP contribution in [0.4, 0.5) is 10.8 Å². The van der Waals surface area contributed by atoms with Crippen LogP contribution in [0.5, 0.6) is 11.5 Å². The van der Waals surface area contributed by atoms with Crippen LogP contribution in [0.2, 0.25) is 0 Å². The average molecular weight is 468 g/mol. The van der Waals surface area contributed by atoms with E-state index in [0.29, 0.717) is 6.54 Å². The van der Waals surface area contributed by atoms with Gasteiger partial charge < -0.3 is 24.4 Å². The van der Waals surface area contributed by atoms with Gasteiger partial charge in [0.25, 0.3) is 0 Å². The lowest BCUT2D eigenvalue weighted by Gasteiger charge is -2.28. The van der Waals surface area contributed by atoms with E-state index in [9.17, 15) is 4.79 Å². The zero-order chi connectivity index (χ0) is 23.2. The molecule has 1 N–H and O–H groups in total. The van der Waals surface area contributed by atoms with Crippen molar-refractivity contribution in [3.8, 4) is 22.8 Å². The first-order valence-electron chi connectivity index (χ1n) is 11.0. The van der Waals surface area contributed by atoms with Crippen LogP contribution in [0.1, 0.15) is 19.8 Å². The fourth-order valence-corrected chi connectivity index (χ4v) is 4.73. The molecule has 4 rings (SSSR count). The lowest BCUT2D eigenvalue weighted by Crippen LogP contribution is -2.45. The topological polar surface area (TPSA) is 72.9 Å². The van der Waals surface area contributed by atoms with Crippen LogP contribution in [0.15, 0.2) is 53.9 Å². The van der Waals surface area contributed by atoms with Gasteiger partial charge in [-0.05, 0) is 68.3 Å². The number of anilines is 2. The molecule has 1 aliphatic heterocycles. The molecule has 0 unspecified atom stereocenters. The summed E-state index contributed by atoms with van der Waals surface area (Å²) < 4.78 is 16.2. The van der Waals surface area contributed by atoms with Crippen LogP contribution < -0.4 is 19.7 Å². The Kier molecular flexibility index (Phi) is 7.47. The fourth-order valence-electron chi connectivity index (χ4n) is 3.80. The van der Waals surface area contributed by atoms with E-state index in [-0.39, 0.29) is 12.0 Å². The van der Waals surface area contributed by atoms with Gasteiger partial charge in [0.1, 0.15) is 17.5 Å². The summed E-state index contributed by atoms with van der Waals surface area (Å²) in [4.78, 5) is 19.9. The Bertz CT molecular complexity index is 1050. The van der Waals surface area contributed by atoms with Crippen LogP contribution in [-0.2, 0) is 9.53 Å². The average Bonchev–Trinajstić information content (AvgIpc) is 3.56. The normalized spacial score (nSPS) is 16.3. The molecule has 1 aliphatic rings. The number of benzene rings is 2. The number of carbonyl (C=O) groups is 1. The van der Waals surface area contributed by atoms with Crippen LogP contribution in [-0.4, -0.2) is 50.4 Å². The molecule has 7 nitrogen and oxygen atoms in total. The molecule has 1 aromatic heterocycles. The van der Waals surface area contributed by atoms with E-state index in [4.69, 9.17) is 19.2 Å². The van der Waals surface area contributed by atoms with Crippen molar-refractivity contribution in [3.05, 3.63) is 53.9 Å². The van der Waals surface area contributed by atoms with Crippen molar-refractivity contribution >= 4 is 28.1 Å². The molecule has 3 aromatic rings. The molecule has 1 fully saturated rings. The second kappa shape index (κ2) is 10.7. The number of amides is 1. The fraction of sp³-hybridized carbons (Fsp3) is 0.360. The molecule has 1 saturated heterocycles. The quantitative estimate of drug-likeness (QED) is 0.494. The SMILES string of the molecule is COc1ccc(-c2csc(N(c3ccc(OC)cc3)[C@@H](C)C(=O)NC[C@@H]3CCCO3)n2)cc1. The lowest BCUT2D eigenvalue weighted by atomic mass is 10.2. The molecule has 2 atom stereocenters. The molecule has 0 bridgehead atoms. The third-order valence-corrected chi connectivity index (χ3v) is 6.57. The molecule has 0 aliphatic carbocycles. The van der Waals surface area contributed by atoms with Gasteiger partial charge in [-0.3, -0.25) is 4.79 Å². The summed E-state index contributed by atoms with van der Waals surface area (Å²) in [7, 11) is 3.28. The van der Waals surface area contributed by atoms with Crippen LogP contribution >= 0.6 is 11.3 Å². The highest BCUT2D eigenvalue weighted by Gasteiger charge is 2.27. The summed E-state index contributed by atoms with van der Waals surface area (Å²) in [6.45, 7) is 3.18. The summed E-state index contributed by atoms with van der Waals surface area (Å²) in [5.74, 6) is 1.49. The number of nitrogens with one attached hydrogen (secondary N) is 1. The summed E-state index contributed by atoms with van der Waals surface area (Å²) in [6.07, 6.45) is 2.12. The zero-order valence-electron chi connectivity index (χ0n) is 19.1. The standard InChI is InChI=1S/C25H29N3O4S/c1-17(24(29)26-15-22-5-4-14-32-22)28(19-8-12-21(31-3)13-9-19)25-27-23(16-33-25)18-6-10-20(30-2)11-7-18/h6-13,16-17,22H,4-5,14-15H2,1-3H3,(H,26,29)/t17-,22-/m0/s1. The number of methoxy groups -OCH3 is 2. The number of nitrogens with zero attached hydrogens (tertiary/aromatic N) is 2. The maximum absolute atomic E-state index is 13.1. The van der Waals surface area contributed by atoms with Gasteiger partial charge in [-0.25, -0.2) is 4.98 Å². The van der Waals surface area contributed by atoms with Crippen LogP contribution in [0, 0.1) is 0 Å². The molecule has 2 aromatic carbocycles. The van der Waals surface area contributed by atoms with Gasteiger partial charge >= 0.3 is 0 Å². The van der Waals surface area contributed by atoms with E-state index < -0.39 is 6.04 Å². The van der Waals surface area contributed by atoms with E-state index >= 15 is 0 Å². The van der Waals surface area contributed by atoms with Gasteiger partial charge in [-0.15, -0.1) is 11.3 Å². The molecule has 33 heavy (non-hydrogen) atoms. The van der Waals surface area contributed by atoms with E-state index in [1.165, 1.54) is 11.3 Å². The minimum absolute atomic E-state index is 0.0671. The van der Waals surface area contributed by atoms with Crippen molar-refractivity contribution in [2.24, 2.45) is 0 Å². The van der Waals surface area contributed by atoms with Crippen LogP contribution in [0.3, 0.4) is 0 Å². The minimum atomic E-state index is -0.463. The van der Waals surface area contributed by atoms with Gasteiger partial charge in [0.2, 0.25) is 5.91 Å². The largest absolute Gasteiger partial charge is 0.497 e. The van der Waals surface area contributed by atoms with Gasteiger partial charge in [-0.1, -0.05) is 0 Å². The first-order valence-corrected chi connectivity index (χ1v) is 11.9. The highest BCUT2D eigenvalue weighted by Crippen LogP contribution is 2.35. The third kappa shape index (κ3) is 5.46. The molecular weight excluding hydrogens is 438 g/mol. The number of hydrogen-bond donors (Lipinski definition) is 1. The Hall–Kier alpha value is -3.10. The minimum Gasteiger partial charge on any atom is -0.497 e. The number of aromatic nitrogens is 1. The second-order valence-corrected chi connectivity index (χ2v) is 8.70. The highest BCUT2D eigenvalue weighted by molar-refractivity contribution is 7.14. The number of carbonyl (C=O) groups excluding carboxylic acids is 1. The summed E-state index contributed by atoms with van der Waals surface area (Å²) >= 11 is 1.50. The second-order valence-electron chi connectivity index (χ2n) is 7.87. The number of rotatable bonds is 9. The number of hydrogen-bond acceptors (Lipinski definition) is 7. The molecule has 0 saturated carbocycles. The monoisotopic (exact) mass is 467 g/mol. The predicted octanol–water partition coefficient (Wildman–Crippen LogP) is 4.65. The summed E-state index contributed by atoms with van der Waals surface area (Å²) in [5.41, 5.74) is 2.71. The number of ether oxygens (including phenoxy) is 3. The summed E-state index contributed by atoms with van der Waals surface area (Å²) in [6, 6.07) is 15.0. The Labute approximate surface area is 198 Å². The van der Waals surface area contributed by atoms with Gasteiger partial charge in [-0.2, -0.15) is 0 Å². The Morgan fingerprint density at radius 3 is 2.42 bits per heavy atom. The molecule has 0 radical (unpaired) electrons. The smallest absolute Gasteiger partial charge is 0.242 e. The Morgan fingerprint density at radius 2 is 1.82 bits per heavy atom. The van der Waals surface area contributed by atoms with Crippen molar-refractivity contribution < 1.29 is 19.0 Å². The maximum atomic E-state index is 13.1. The molecule has 0 spiro atoms. The van der Waals surface area contributed by atoms with Crippen molar-refractivity contribution in [3.63, 3.8) is 0 Å². The number of thiazole rings is 1. The molecule has 174 valence electrons. The maximum Gasteiger partial charge on any atom is 0.242 e. The lowest BCUT2D eigenvalue weighted by molar-refractivity contribution is -0.122. The van der Waals surface area contributed by atoms with E-state index in [2.05, 4.69) is 5.32 Å². The van der Waals surface area contributed by atoms with Crippen molar-refractivity contribution in [2.75, 3.05) is 32.3 Å². The Morgan fingerprint density at radius 1 is 1.15 bits per heavy atom. The highest BCUT2D eigenvalue weighted by atomic mass is 32.1. The van der Waals surface area contributed by atoms with E-state index in [1.807, 2.05) is 65.7 Å². The Balaban J connectivity index is 1.59. The first-order chi connectivity index (χ1) is 16.1. The van der Waals surface area contributed by atoms with E-state index in [0.717, 1.165) is 53.0 Å². The summed E-state index contributed by atoms with van der Waals surface area (Å²) in [5, 5.41) is 5.80. The van der Waals surface area contributed by atoms with Gasteiger partial charge in [0.05, 0.1) is 26.0 Å². The van der Waals surface area contributed by atoms with Crippen molar-refractivity contribution in [1.82, 2.24) is 10.3 Å².